The lowest BCUT2D eigenvalue weighted by molar-refractivity contribution is 0.0692. The van der Waals surface area contributed by atoms with E-state index in [0.29, 0.717) is 10.6 Å². The molecular weight excluding hydrogens is 324 g/mol. The Bertz CT molecular complexity index is 742. The maximum absolute atomic E-state index is 12.0. The molecule has 0 fully saturated rings. The molecule has 20 heavy (non-hydrogen) atoms. The van der Waals surface area contributed by atoms with Gasteiger partial charge in [0.25, 0.3) is 0 Å². The molecule has 0 saturated carbocycles. The lowest BCUT2D eigenvalue weighted by Crippen LogP contribution is -2.16. The molecule has 0 aliphatic rings. The maximum Gasteiger partial charge on any atom is 0.357 e. The number of carbonyl (C=O) groups is 1. The first kappa shape index (κ1) is 14.8. The minimum atomic E-state index is -3.76. The van der Waals surface area contributed by atoms with Crippen LogP contribution in [0.4, 0.5) is 5.00 Å². The summed E-state index contributed by atoms with van der Waals surface area (Å²) >= 11 is 6.80. The van der Waals surface area contributed by atoms with Gasteiger partial charge in [-0.2, -0.15) is 0 Å². The van der Waals surface area contributed by atoms with Crippen LogP contribution in [-0.4, -0.2) is 24.5 Å². The predicted molar refractivity (Wildman–Crippen MR) is 76.8 cm³/mol. The summed E-state index contributed by atoms with van der Waals surface area (Å²) in [5, 5.41) is 9.18. The number of carboxylic acids is 1. The van der Waals surface area contributed by atoms with Crippen LogP contribution >= 0.6 is 22.9 Å². The van der Waals surface area contributed by atoms with E-state index in [1.807, 2.05) is 0 Å². The number of aromatic carboxylic acids is 1. The molecule has 0 amide bonds. The van der Waals surface area contributed by atoms with Crippen LogP contribution in [0, 0.1) is 0 Å². The van der Waals surface area contributed by atoms with Crippen LogP contribution in [-0.2, 0) is 15.8 Å². The van der Waals surface area contributed by atoms with E-state index in [0.717, 1.165) is 11.3 Å². The zero-order chi connectivity index (χ0) is 14.8. The van der Waals surface area contributed by atoms with Crippen LogP contribution in [0.1, 0.15) is 16.1 Å². The normalized spacial score (nSPS) is 11.2. The molecule has 2 aromatic rings. The largest absolute Gasteiger partial charge is 0.476 e. The molecule has 0 aliphatic heterocycles. The molecule has 0 bridgehead atoms. The van der Waals surface area contributed by atoms with Crippen LogP contribution < -0.4 is 4.72 Å². The topological polar surface area (TPSA) is 96.4 Å². The van der Waals surface area contributed by atoms with Crippen LogP contribution in [0.15, 0.2) is 29.8 Å². The molecule has 2 rings (SSSR count). The summed E-state index contributed by atoms with van der Waals surface area (Å²) in [4.78, 5) is 14.5. The highest BCUT2D eigenvalue weighted by Gasteiger charge is 2.20. The highest BCUT2D eigenvalue weighted by atomic mass is 35.5. The fraction of sp³-hybridized carbons (Fsp3) is 0.0909. The first-order valence-electron chi connectivity index (χ1n) is 5.30. The van der Waals surface area contributed by atoms with E-state index in [1.165, 1.54) is 5.51 Å². The van der Waals surface area contributed by atoms with Gasteiger partial charge in [0, 0.05) is 5.02 Å². The first-order valence-corrected chi connectivity index (χ1v) is 8.21. The third kappa shape index (κ3) is 3.47. The van der Waals surface area contributed by atoms with Crippen LogP contribution in [0.2, 0.25) is 5.02 Å². The van der Waals surface area contributed by atoms with E-state index >= 15 is 0 Å². The van der Waals surface area contributed by atoms with Gasteiger partial charge >= 0.3 is 5.97 Å². The number of nitrogens with zero attached hydrogens (tertiary/aromatic N) is 1. The lowest BCUT2D eigenvalue weighted by Gasteiger charge is -2.07. The van der Waals surface area contributed by atoms with Gasteiger partial charge in [-0.1, -0.05) is 29.8 Å². The maximum atomic E-state index is 12.0. The van der Waals surface area contributed by atoms with Gasteiger partial charge in [-0.3, -0.25) is 4.72 Å². The van der Waals surface area contributed by atoms with Gasteiger partial charge in [0.2, 0.25) is 10.0 Å². The molecule has 1 aromatic heterocycles. The number of rotatable bonds is 5. The highest BCUT2D eigenvalue weighted by molar-refractivity contribution is 7.92. The molecule has 106 valence electrons. The standard InChI is InChI=1S/C11H9ClN2O4S2/c12-8-4-2-1-3-7(8)5-20(17,18)14-10-9(11(15)16)13-6-19-10/h1-4,6,14H,5H2,(H,15,16). The third-order valence-electron chi connectivity index (χ3n) is 2.32. The van der Waals surface area contributed by atoms with Gasteiger partial charge in [0.05, 0.1) is 11.3 Å². The number of aromatic nitrogens is 1. The van der Waals surface area contributed by atoms with Crippen molar-refractivity contribution < 1.29 is 18.3 Å². The Labute approximate surface area is 124 Å². The molecule has 0 unspecified atom stereocenters. The van der Waals surface area contributed by atoms with Crippen molar-refractivity contribution in [1.82, 2.24) is 4.98 Å². The van der Waals surface area contributed by atoms with Gasteiger partial charge in [0.15, 0.2) is 5.69 Å². The average Bonchev–Trinajstić information content (AvgIpc) is 2.79. The van der Waals surface area contributed by atoms with Crippen molar-refractivity contribution in [2.24, 2.45) is 0 Å². The second-order valence-corrected chi connectivity index (χ2v) is 6.77. The Morgan fingerprint density at radius 1 is 1.40 bits per heavy atom. The Morgan fingerprint density at radius 3 is 2.75 bits per heavy atom. The molecular formula is C11H9ClN2O4S2. The molecule has 2 N–H and O–H groups in total. The number of thiazole rings is 1. The van der Waals surface area contributed by atoms with Crippen molar-refractivity contribution in [3.05, 3.63) is 46.1 Å². The summed E-state index contributed by atoms with van der Waals surface area (Å²) in [6, 6.07) is 6.54. The van der Waals surface area contributed by atoms with Crippen molar-refractivity contribution in [2.45, 2.75) is 5.75 Å². The summed E-state index contributed by atoms with van der Waals surface area (Å²) in [6.07, 6.45) is 0. The van der Waals surface area contributed by atoms with E-state index < -0.39 is 16.0 Å². The van der Waals surface area contributed by atoms with Gasteiger partial charge < -0.3 is 5.11 Å². The minimum Gasteiger partial charge on any atom is -0.476 e. The van der Waals surface area contributed by atoms with Gasteiger partial charge in [-0.15, -0.1) is 11.3 Å². The first-order chi connectivity index (χ1) is 9.39. The van der Waals surface area contributed by atoms with E-state index in [1.54, 1.807) is 24.3 Å². The lowest BCUT2D eigenvalue weighted by atomic mass is 10.2. The summed E-state index contributed by atoms with van der Waals surface area (Å²) < 4.78 is 26.2. The summed E-state index contributed by atoms with van der Waals surface area (Å²) in [7, 11) is -3.76. The highest BCUT2D eigenvalue weighted by Crippen LogP contribution is 2.24. The predicted octanol–water partition coefficient (Wildman–Crippen LogP) is 2.44. The molecule has 9 heteroatoms. The third-order valence-corrected chi connectivity index (χ3v) is 4.77. The smallest absolute Gasteiger partial charge is 0.357 e. The zero-order valence-electron chi connectivity index (χ0n) is 9.91. The second-order valence-electron chi connectivity index (χ2n) is 3.79. The summed E-state index contributed by atoms with van der Waals surface area (Å²) in [6.45, 7) is 0. The number of benzene rings is 1. The van der Waals surface area contributed by atoms with E-state index in [4.69, 9.17) is 16.7 Å². The zero-order valence-corrected chi connectivity index (χ0v) is 12.3. The summed E-state index contributed by atoms with van der Waals surface area (Å²) in [5.41, 5.74) is 1.37. The number of hydrogen-bond donors (Lipinski definition) is 2. The molecule has 0 radical (unpaired) electrons. The SMILES string of the molecule is O=C(O)c1ncsc1NS(=O)(=O)Cc1ccccc1Cl. The summed E-state index contributed by atoms with van der Waals surface area (Å²) in [5.74, 6) is -1.63. The number of halogens is 1. The Hall–Kier alpha value is -1.64. The van der Waals surface area contributed by atoms with Crippen LogP contribution in [0.3, 0.4) is 0 Å². The van der Waals surface area contributed by atoms with Crippen molar-refractivity contribution in [1.29, 1.82) is 0 Å². The van der Waals surface area contributed by atoms with E-state index in [2.05, 4.69) is 9.71 Å². The number of sulfonamides is 1. The van der Waals surface area contributed by atoms with Gasteiger partial charge in [0.1, 0.15) is 5.00 Å². The van der Waals surface area contributed by atoms with Crippen molar-refractivity contribution in [3.8, 4) is 0 Å². The quantitative estimate of drug-likeness (QED) is 0.876. The number of anilines is 1. The number of carboxylic acid groups (broad SMARTS) is 1. The average molecular weight is 333 g/mol. The molecule has 1 heterocycles. The van der Waals surface area contributed by atoms with Crippen LogP contribution in [0.25, 0.3) is 0 Å². The van der Waals surface area contributed by atoms with Gasteiger partial charge in [-0.25, -0.2) is 18.2 Å². The van der Waals surface area contributed by atoms with E-state index in [-0.39, 0.29) is 16.4 Å². The molecule has 0 aliphatic carbocycles. The number of hydrogen-bond acceptors (Lipinski definition) is 5. The van der Waals surface area contributed by atoms with Crippen molar-refractivity contribution >= 4 is 43.9 Å². The second kappa shape index (κ2) is 5.78. The monoisotopic (exact) mass is 332 g/mol. The Morgan fingerprint density at radius 2 is 2.10 bits per heavy atom. The number of nitrogens with one attached hydrogen (secondary N) is 1. The van der Waals surface area contributed by atoms with E-state index in [9.17, 15) is 13.2 Å². The molecule has 6 nitrogen and oxygen atoms in total. The molecule has 0 saturated heterocycles. The minimum absolute atomic E-state index is 0.0236. The fourth-order valence-electron chi connectivity index (χ4n) is 1.47. The molecule has 1 aromatic carbocycles. The molecule has 0 spiro atoms. The van der Waals surface area contributed by atoms with Crippen molar-refractivity contribution in [3.63, 3.8) is 0 Å². The fourth-order valence-corrected chi connectivity index (χ4v) is 3.95. The molecule has 0 atom stereocenters. The Kier molecular flexibility index (Phi) is 4.26. The Balaban J connectivity index is 2.22. The van der Waals surface area contributed by atoms with Crippen molar-refractivity contribution in [2.75, 3.05) is 4.72 Å². The van der Waals surface area contributed by atoms with Crippen LogP contribution in [0.5, 0.6) is 0 Å². The van der Waals surface area contributed by atoms with Gasteiger partial charge in [-0.05, 0) is 11.6 Å².